The van der Waals surface area contributed by atoms with Crippen LogP contribution in [0.5, 0.6) is 0 Å². The molecule has 0 aromatic carbocycles. The lowest BCUT2D eigenvalue weighted by atomic mass is 9.70. The van der Waals surface area contributed by atoms with Gasteiger partial charge in [-0.1, -0.05) is 48.4 Å². The fourth-order valence-corrected chi connectivity index (χ4v) is 10.2. The third-order valence-corrected chi connectivity index (χ3v) is 11.3. The highest BCUT2D eigenvalue weighted by atomic mass is 79.9. The lowest BCUT2D eigenvalue weighted by Crippen LogP contribution is -2.57. The van der Waals surface area contributed by atoms with Gasteiger partial charge in [-0.2, -0.15) is 0 Å². The van der Waals surface area contributed by atoms with Gasteiger partial charge in [-0.15, -0.1) is 24.9 Å². The molecule has 7 atom stereocenters. The van der Waals surface area contributed by atoms with E-state index < -0.39 is 22.6 Å². The van der Waals surface area contributed by atoms with Crippen LogP contribution in [-0.2, 0) is 14.4 Å². The number of carbonyl (C=O) groups is 3. The van der Waals surface area contributed by atoms with Crippen LogP contribution < -0.4 is 0 Å². The van der Waals surface area contributed by atoms with E-state index in [-0.39, 0.29) is 40.4 Å². The molecular weight excluding hydrogens is 554 g/mol. The number of unbranched alkanes of at least 4 members (excludes halogenated alkanes) is 1. The van der Waals surface area contributed by atoms with Crippen LogP contribution in [-0.4, -0.2) is 97.2 Å². The molecule has 0 radical (unpaired) electrons. The Morgan fingerprint density at radius 1 is 1.22 bits per heavy atom. The van der Waals surface area contributed by atoms with Crippen molar-refractivity contribution in [2.75, 3.05) is 32.8 Å². The summed E-state index contributed by atoms with van der Waals surface area (Å²) in [5.41, 5.74) is 0. The number of likely N-dealkylation sites (tertiary alicyclic amines) is 1. The Balaban J connectivity index is 2.06. The minimum absolute atomic E-state index is 0.00525. The van der Waals surface area contributed by atoms with Crippen molar-refractivity contribution in [3.8, 4) is 0 Å². The standard InChI is InChI=1S/C28H44BrN3O4S/c1-6-12-19(5)31(15-9-4)27(36)24-28-18-20(29)23(37-28)21(25(34)30(13-7-2)14-8-3)22(28)26(35)32(24)16-10-11-17-33/h7,9,19-24,33H,2,4,6,8,10-18H2,1,3,5H3/t19?,20?,21-,22+,23-,24?,28?/m1/s1. The average molecular weight is 599 g/mol. The molecule has 3 aliphatic heterocycles. The number of aliphatic hydroxyl groups is 1. The van der Waals surface area contributed by atoms with Crippen molar-refractivity contribution in [3.05, 3.63) is 25.3 Å². The largest absolute Gasteiger partial charge is 0.396 e. The van der Waals surface area contributed by atoms with Crippen molar-refractivity contribution < 1.29 is 19.5 Å². The third-order valence-electron chi connectivity index (χ3n) is 8.12. The first kappa shape index (κ1) is 30.2. The normalized spacial score (nSPS) is 30.8. The first-order valence-electron chi connectivity index (χ1n) is 13.8. The molecule has 3 saturated heterocycles. The first-order chi connectivity index (χ1) is 17.7. The van der Waals surface area contributed by atoms with Gasteiger partial charge >= 0.3 is 0 Å². The van der Waals surface area contributed by atoms with E-state index in [0.29, 0.717) is 45.4 Å². The molecule has 1 N–H and O–H groups in total. The average Bonchev–Trinajstić information content (AvgIpc) is 3.45. The summed E-state index contributed by atoms with van der Waals surface area (Å²) in [6, 6.07) is -0.608. The molecule has 7 nitrogen and oxygen atoms in total. The van der Waals surface area contributed by atoms with Gasteiger partial charge in [0.1, 0.15) is 6.04 Å². The van der Waals surface area contributed by atoms with Gasteiger partial charge in [0.05, 0.1) is 16.6 Å². The Bertz CT molecular complexity index is 872. The number of alkyl halides is 1. The quantitative estimate of drug-likeness (QED) is 0.176. The molecule has 0 aliphatic carbocycles. The Hall–Kier alpha value is -1.32. The second-order valence-corrected chi connectivity index (χ2v) is 13.3. The number of amides is 3. The van der Waals surface area contributed by atoms with Crippen LogP contribution in [0.15, 0.2) is 25.3 Å². The van der Waals surface area contributed by atoms with E-state index >= 15 is 0 Å². The molecule has 0 saturated carbocycles. The van der Waals surface area contributed by atoms with Gasteiger partial charge in [-0.3, -0.25) is 14.4 Å². The highest BCUT2D eigenvalue weighted by Gasteiger charge is 2.76. The van der Waals surface area contributed by atoms with Crippen molar-refractivity contribution in [1.82, 2.24) is 14.7 Å². The number of nitrogens with zero attached hydrogens (tertiary/aromatic N) is 3. The SMILES string of the molecule is C=CCN(CCC)C(=O)[C@H]1[C@@H]2SC3(CC2Br)C(C(=O)N(CC=C)C(C)CCC)N(CCCCO)C(=O)[C@H]13. The Morgan fingerprint density at radius 2 is 1.92 bits per heavy atom. The summed E-state index contributed by atoms with van der Waals surface area (Å²) in [4.78, 5) is 48.0. The van der Waals surface area contributed by atoms with Gasteiger partial charge in [0, 0.05) is 48.9 Å². The summed E-state index contributed by atoms with van der Waals surface area (Å²) in [5, 5.41) is 9.34. The Kier molecular flexibility index (Phi) is 10.7. The number of fused-ring (bicyclic) bond motifs is 1. The second-order valence-electron chi connectivity index (χ2n) is 10.6. The minimum atomic E-state index is -0.649. The number of rotatable bonds is 15. The Labute approximate surface area is 235 Å². The zero-order chi connectivity index (χ0) is 27.3. The topological polar surface area (TPSA) is 81.2 Å². The Morgan fingerprint density at radius 3 is 2.51 bits per heavy atom. The summed E-state index contributed by atoms with van der Waals surface area (Å²) in [6.07, 6.45) is 7.99. The van der Waals surface area contributed by atoms with Crippen LogP contribution >= 0.6 is 27.7 Å². The number of aliphatic hydroxyl groups excluding tert-OH is 1. The molecule has 2 bridgehead atoms. The molecule has 3 rings (SSSR count). The molecule has 208 valence electrons. The molecule has 9 heteroatoms. The van der Waals surface area contributed by atoms with Crippen LogP contribution in [0.1, 0.15) is 59.3 Å². The zero-order valence-corrected chi connectivity index (χ0v) is 25.0. The summed E-state index contributed by atoms with van der Waals surface area (Å²) in [7, 11) is 0. The van der Waals surface area contributed by atoms with Gasteiger partial charge in [0.15, 0.2) is 0 Å². The van der Waals surface area contributed by atoms with Crippen molar-refractivity contribution >= 4 is 45.4 Å². The van der Waals surface area contributed by atoms with E-state index in [2.05, 4.69) is 42.9 Å². The fourth-order valence-electron chi connectivity index (χ4n) is 6.61. The first-order valence-corrected chi connectivity index (χ1v) is 15.6. The number of hydrogen-bond donors (Lipinski definition) is 1. The summed E-state index contributed by atoms with van der Waals surface area (Å²) in [5.74, 6) is -1.13. The molecule has 3 fully saturated rings. The van der Waals surface area contributed by atoms with Crippen molar-refractivity contribution in [3.63, 3.8) is 0 Å². The highest BCUT2D eigenvalue weighted by Crippen LogP contribution is 2.68. The monoisotopic (exact) mass is 597 g/mol. The highest BCUT2D eigenvalue weighted by molar-refractivity contribution is 9.09. The molecule has 37 heavy (non-hydrogen) atoms. The number of carbonyl (C=O) groups excluding carboxylic acids is 3. The van der Waals surface area contributed by atoms with Crippen LogP contribution in [0.25, 0.3) is 0 Å². The zero-order valence-electron chi connectivity index (χ0n) is 22.6. The maximum atomic E-state index is 14.4. The minimum Gasteiger partial charge on any atom is -0.396 e. The number of halogens is 1. The van der Waals surface area contributed by atoms with E-state index in [1.54, 1.807) is 28.8 Å². The number of thioether (sulfide) groups is 1. The van der Waals surface area contributed by atoms with Crippen LogP contribution in [0.4, 0.5) is 0 Å². The second kappa shape index (κ2) is 13.2. The van der Waals surface area contributed by atoms with E-state index in [0.717, 1.165) is 19.3 Å². The third kappa shape index (κ3) is 5.55. The van der Waals surface area contributed by atoms with E-state index in [9.17, 15) is 19.5 Å². The molecule has 3 heterocycles. The van der Waals surface area contributed by atoms with E-state index in [1.165, 1.54) is 0 Å². The van der Waals surface area contributed by atoms with E-state index in [1.807, 2.05) is 16.7 Å². The maximum absolute atomic E-state index is 14.4. The molecule has 0 aromatic heterocycles. The molecule has 4 unspecified atom stereocenters. The van der Waals surface area contributed by atoms with Crippen LogP contribution in [0.2, 0.25) is 0 Å². The summed E-state index contributed by atoms with van der Waals surface area (Å²) in [6.45, 7) is 15.9. The lowest BCUT2D eigenvalue weighted by molar-refractivity contribution is -0.145. The smallest absolute Gasteiger partial charge is 0.247 e. The number of hydrogen-bond acceptors (Lipinski definition) is 5. The van der Waals surface area contributed by atoms with Crippen molar-refractivity contribution in [2.24, 2.45) is 11.8 Å². The predicted octanol–water partition coefficient (Wildman–Crippen LogP) is 3.85. The molecule has 1 spiro atoms. The van der Waals surface area contributed by atoms with Gasteiger partial charge in [0.2, 0.25) is 17.7 Å². The molecular formula is C28H44BrN3O4S. The van der Waals surface area contributed by atoms with Crippen LogP contribution in [0, 0.1) is 11.8 Å². The molecule has 3 aliphatic rings. The van der Waals surface area contributed by atoms with Crippen molar-refractivity contribution in [2.45, 2.75) is 86.2 Å². The van der Waals surface area contributed by atoms with E-state index in [4.69, 9.17) is 0 Å². The van der Waals surface area contributed by atoms with Crippen molar-refractivity contribution in [1.29, 1.82) is 0 Å². The maximum Gasteiger partial charge on any atom is 0.247 e. The lowest BCUT2D eigenvalue weighted by Gasteiger charge is -2.40. The predicted molar refractivity (Wildman–Crippen MR) is 154 cm³/mol. The summed E-state index contributed by atoms with van der Waals surface area (Å²) >= 11 is 5.53. The van der Waals surface area contributed by atoms with Gasteiger partial charge in [-0.05, 0) is 39.0 Å². The molecule has 0 aromatic rings. The molecule has 3 amide bonds. The summed E-state index contributed by atoms with van der Waals surface area (Å²) < 4.78 is -0.649. The van der Waals surface area contributed by atoms with Crippen LogP contribution in [0.3, 0.4) is 0 Å². The van der Waals surface area contributed by atoms with Gasteiger partial charge in [0.25, 0.3) is 0 Å². The van der Waals surface area contributed by atoms with Gasteiger partial charge < -0.3 is 19.8 Å². The van der Waals surface area contributed by atoms with Gasteiger partial charge in [-0.25, -0.2) is 0 Å². The fraction of sp³-hybridized carbons (Fsp3) is 0.750.